The zero-order valence-corrected chi connectivity index (χ0v) is 11.0. The Kier molecular flexibility index (Phi) is 6.16. The SMILES string of the molecule is CCCCSCc1cc(N)ccc1OCC. The highest BCUT2D eigenvalue weighted by molar-refractivity contribution is 7.98. The fourth-order valence-electron chi connectivity index (χ4n) is 1.44. The number of ether oxygens (including phenoxy) is 1. The van der Waals surface area contributed by atoms with Crippen molar-refractivity contribution >= 4 is 17.4 Å². The van der Waals surface area contributed by atoms with Crippen LogP contribution in [0.5, 0.6) is 5.75 Å². The maximum absolute atomic E-state index is 5.79. The lowest BCUT2D eigenvalue weighted by atomic mass is 10.2. The first-order valence-corrected chi connectivity index (χ1v) is 7.02. The van der Waals surface area contributed by atoms with E-state index in [1.807, 2.05) is 36.9 Å². The average molecular weight is 239 g/mol. The van der Waals surface area contributed by atoms with E-state index in [0.717, 1.165) is 17.2 Å². The fourth-order valence-corrected chi connectivity index (χ4v) is 2.52. The van der Waals surface area contributed by atoms with E-state index in [-0.39, 0.29) is 0 Å². The van der Waals surface area contributed by atoms with Gasteiger partial charge in [-0.3, -0.25) is 0 Å². The zero-order chi connectivity index (χ0) is 11.8. The van der Waals surface area contributed by atoms with Crippen molar-refractivity contribution < 1.29 is 4.74 Å². The summed E-state index contributed by atoms with van der Waals surface area (Å²) < 4.78 is 5.58. The van der Waals surface area contributed by atoms with E-state index in [1.165, 1.54) is 24.2 Å². The van der Waals surface area contributed by atoms with Crippen LogP contribution in [0, 0.1) is 0 Å². The van der Waals surface area contributed by atoms with Crippen molar-refractivity contribution in [3.63, 3.8) is 0 Å². The Bertz CT molecular complexity index is 315. The monoisotopic (exact) mass is 239 g/mol. The number of anilines is 1. The predicted octanol–water partition coefficient (Wildman–Crippen LogP) is 3.70. The van der Waals surface area contributed by atoms with Crippen molar-refractivity contribution in [1.29, 1.82) is 0 Å². The summed E-state index contributed by atoms with van der Waals surface area (Å²) in [7, 11) is 0. The van der Waals surface area contributed by atoms with Gasteiger partial charge in [0.1, 0.15) is 5.75 Å². The zero-order valence-electron chi connectivity index (χ0n) is 10.2. The van der Waals surface area contributed by atoms with Crippen molar-refractivity contribution in [1.82, 2.24) is 0 Å². The number of rotatable bonds is 7. The molecule has 16 heavy (non-hydrogen) atoms. The number of unbranched alkanes of at least 4 members (excludes halogenated alkanes) is 1. The third-order valence-electron chi connectivity index (χ3n) is 2.28. The van der Waals surface area contributed by atoms with Gasteiger partial charge < -0.3 is 10.5 Å². The van der Waals surface area contributed by atoms with Crippen molar-refractivity contribution in [2.24, 2.45) is 0 Å². The van der Waals surface area contributed by atoms with E-state index in [9.17, 15) is 0 Å². The number of benzene rings is 1. The Hall–Kier alpha value is -0.830. The predicted molar refractivity (Wildman–Crippen MR) is 73.1 cm³/mol. The summed E-state index contributed by atoms with van der Waals surface area (Å²) in [4.78, 5) is 0. The van der Waals surface area contributed by atoms with Crippen LogP contribution in [-0.4, -0.2) is 12.4 Å². The van der Waals surface area contributed by atoms with Gasteiger partial charge in [0.15, 0.2) is 0 Å². The Morgan fingerprint density at radius 3 is 2.81 bits per heavy atom. The number of hydrogen-bond donors (Lipinski definition) is 1. The molecule has 0 aliphatic rings. The second-order valence-corrected chi connectivity index (χ2v) is 4.81. The van der Waals surface area contributed by atoms with Gasteiger partial charge in [-0.25, -0.2) is 0 Å². The molecule has 90 valence electrons. The van der Waals surface area contributed by atoms with E-state index >= 15 is 0 Å². The Balaban J connectivity index is 2.57. The second-order valence-electron chi connectivity index (χ2n) is 3.71. The summed E-state index contributed by atoms with van der Waals surface area (Å²) in [5.74, 6) is 3.16. The topological polar surface area (TPSA) is 35.2 Å². The van der Waals surface area contributed by atoms with Gasteiger partial charge in [0.25, 0.3) is 0 Å². The van der Waals surface area contributed by atoms with Gasteiger partial charge in [-0.2, -0.15) is 11.8 Å². The fraction of sp³-hybridized carbons (Fsp3) is 0.538. The molecule has 0 radical (unpaired) electrons. The highest BCUT2D eigenvalue weighted by Crippen LogP contribution is 2.26. The van der Waals surface area contributed by atoms with Gasteiger partial charge in [0, 0.05) is 17.0 Å². The molecule has 2 N–H and O–H groups in total. The first-order chi connectivity index (χ1) is 7.77. The highest BCUT2D eigenvalue weighted by Gasteiger charge is 2.03. The van der Waals surface area contributed by atoms with Crippen LogP contribution in [0.15, 0.2) is 18.2 Å². The molecule has 1 rings (SSSR count). The minimum absolute atomic E-state index is 0.705. The first-order valence-electron chi connectivity index (χ1n) is 5.86. The van der Waals surface area contributed by atoms with Crippen LogP contribution in [0.3, 0.4) is 0 Å². The molecular weight excluding hydrogens is 218 g/mol. The number of nitrogen functional groups attached to an aromatic ring is 1. The van der Waals surface area contributed by atoms with Crippen molar-refractivity contribution in [2.45, 2.75) is 32.4 Å². The number of hydrogen-bond acceptors (Lipinski definition) is 3. The van der Waals surface area contributed by atoms with Gasteiger partial charge in [0.05, 0.1) is 6.61 Å². The van der Waals surface area contributed by atoms with Crippen LogP contribution in [-0.2, 0) is 5.75 Å². The maximum atomic E-state index is 5.79. The largest absolute Gasteiger partial charge is 0.494 e. The van der Waals surface area contributed by atoms with Gasteiger partial charge >= 0.3 is 0 Å². The lowest BCUT2D eigenvalue weighted by molar-refractivity contribution is 0.337. The minimum atomic E-state index is 0.705. The smallest absolute Gasteiger partial charge is 0.123 e. The van der Waals surface area contributed by atoms with Crippen LogP contribution in [0.4, 0.5) is 5.69 Å². The Morgan fingerprint density at radius 2 is 2.12 bits per heavy atom. The third kappa shape index (κ3) is 4.35. The average Bonchev–Trinajstić information content (AvgIpc) is 2.28. The Morgan fingerprint density at radius 1 is 1.31 bits per heavy atom. The summed E-state index contributed by atoms with van der Waals surface area (Å²) in [6.07, 6.45) is 2.53. The molecule has 0 amide bonds. The molecule has 0 aliphatic carbocycles. The van der Waals surface area contributed by atoms with Gasteiger partial charge in [-0.05, 0) is 37.3 Å². The maximum Gasteiger partial charge on any atom is 0.123 e. The Labute approximate surface area is 103 Å². The molecule has 0 atom stereocenters. The van der Waals surface area contributed by atoms with E-state index in [0.29, 0.717) is 6.61 Å². The molecule has 0 heterocycles. The summed E-state index contributed by atoms with van der Waals surface area (Å²) in [6, 6.07) is 5.88. The van der Waals surface area contributed by atoms with Crippen LogP contribution in [0.1, 0.15) is 32.3 Å². The number of nitrogens with two attached hydrogens (primary N) is 1. The van der Waals surface area contributed by atoms with E-state index in [4.69, 9.17) is 10.5 Å². The molecule has 1 aromatic rings. The summed E-state index contributed by atoms with van der Waals surface area (Å²) in [5.41, 5.74) is 7.81. The quantitative estimate of drug-likeness (QED) is 0.582. The lowest BCUT2D eigenvalue weighted by Gasteiger charge is -2.10. The molecule has 0 aliphatic heterocycles. The first kappa shape index (κ1) is 13.2. The van der Waals surface area contributed by atoms with Crippen LogP contribution in [0.2, 0.25) is 0 Å². The molecule has 2 nitrogen and oxygen atoms in total. The molecule has 0 saturated heterocycles. The summed E-state index contributed by atoms with van der Waals surface area (Å²) in [6.45, 7) is 4.92. The van der Waals surface area contributed by atoms with Crippen LogP contribution in [0.25, 0.3) is 0 Å². The van der Waals surface area contributed by atoms with Crippen LogP contribution >= 0.6 is 11.8 Å². The van der Waals surface area contributed by atoms with Crippen LogP contribution < -0.4 is 10.5 Å². The van der Waals surface area contributed by atoms with Crippen molar-refractivity contribution in [3.05, 3.63) is 23.8 Å². The normalized spacial score (nSPS) is 10.4. The molecule has 3 heteroatoms. The minimum Gasteiger partial charge on any atom is -0.494 e. The molecule has 0 aromatic heterocycles. The third-order valence-corrected chi connectivity index (χ3v) is 3.38. The number of thioether (sulfide) groups is 1. The van der Waals surface area contributed by atoms with Gasteiger partial charge in [-0.1, -0.05) is 13.3 Å². The molecular formula is C13H21NOS. The summed E-state index contributed by atoms with van der Waals surface area (Å²) in [5, 5.41) is 0. The standard InChI is InChI=1S/C13H21NOS/c1-3-5-8-16-10-11-9-12(14)6-7-13(11)15-4-2/h6-7,9H,3-5,8,10,14H2,1-2H3. The molecule has 0 spiro atoms. The van der Waals surface area contributed by atoms with Crippen molar-refractivity contribution in [3.8, 4) is 5.75 Å². The highest BCUT2D eigenvalue weighted by atomic mass is 32.2. The van der Waals surface area contributed by atoms with E-state index in [2.05, 4.69) is 6.92 Å². The molecule has 0 fully saturated rings. The van der Waals surface area contributed by atoms with Gasteiger partial charge in [-0.15, -0.1) is 0 Å². The molecule has 0 unspecified atom stereocenters. The molecule has 0 saturated carbocycles. The van der Waals surface area contributed by atoms with E-state index < -0.39 is 0 Å². The van der Waals surface area contributed by atoms with Crippen molar-refractivity contribution in [2.75, 3.05) is 18.1 Å². The second kappa shape index (κ2) is 7.44. The van der Waals surface area contributed by atoms with Gasteiger partial charge in [0.2, 0.25) is 0 Å². The summed E-state index contributed by atoms with van der Waals surface area (Å²) >= 11 is 1.94. The molecule has 1 aromatic carbocycles. The lowest BCUT2D eigenvalue weighted by Crippen LogP contribution is -1.97. The van der Waals surface area contributed by atoms with E-state index in [1.54, 1.807) is 0 Å². The molecule has 0 bridgehead atoms.